The SMILES string of the molecule is NNC(c1cccc(C2CCC2)c1)c1cc(Br)sc1Br. The molecule has 1 heterocycles. The fourth-order valence-corrected chi connectivity index (χ4v) is 5.55. The molecular formula is C15H16Br2N2S. The summed E-state index contributed by atoms with van der Waals surface area (Å²) in [4.78, 5) is 0. The van der Waals surface area contributed by atoms with Gasteiger partial charge in [-0.3, -0.25) is 5.84 Å². The molecule has 1 aliphatic carbocycles. The van der Waals surface area contributed by atoms with Gasteiger partial charge in [-0.05, 0) is 67.8 Å². The molecule has 5 heteroatoms. The molecule has 0 saturated heterocycles. The molecule has 0 amide bonds. The van der Waals surface area contributed by atoms with E-state index in [1.54, 1.807) is 11.3 Å². The maximum Gasteiger partial charge on any atom is 0.0762 e. The van der Waals surface area contributed by atoms with E-state index in [-0.39, 0.29) is 6.04 Å². The Hall–Kier alpha value is -0.200. The summed E-state index contributed by atoms with van der Waals surface area (Å²) in [6, 6.07) is 11.0. The van der Waals surface area contributed by atoms with Gasteiger partial charge in [0.1, 0.15) is 0 Å². The van der Waals surface area contributed by atoms with Crippen LogP contribution in [-0.2, 0) is 0 Å². The molecule has 1 saturated carbocycles. The van der Waals surface area contributed by atoms with Crippen LogP contribution in [0.15, 0.2) is 37.9 Å². The van der Waals surface area contributed by atoms with Gasteiger partial charge >= 0.3 is 0 Å². The molecule has 1 aromatic heterocycles. The minimum Gasteiger partial charge on any atom is -0.271 e. The Kier molecular flexibility index (Phi) is 4.62. The quantitative estimate of drug-likeness (QED) is 0.538. The van der Waals surface area contributed by atoms with Crippen molar-refractivity contribution in [2.45, 2.75) is 31.2 Å². The predicted molar refractivity (Wildman–Crippen MR) is 91.9 cm³/mol. The maximum atomic E-state index is 5.81. The summed E-state index contributed by atoms with van der Waals surface area (Å²) in [5, 5.41) is 0. The van der Waals surface area contributed by atoms with Crippen LogP contribution in [0.25, 0.3) is 0 Å². The molecule has 106 valence electrons. The van der Waals surface area contributed by atoms with Crippen LogP contribution in [0.1, 0.15) is 47.9 Å². The summed E-state index contributed by atoms with van der Waals surface area (Å²) in [5.41, 5.74) is 6.79. The molecule has 0 spiro atoms. The summed E-state index contributed by atoms with van der Waals surface area (Å²) in [5.74, 6) is 6.55. The molecular weight excluding hydrogens is 400 g/mol. The monoisotopic (exact) mass is 414 g/mol. The zero-order chi connectivity index (χ0) is 14.1. The number of nitrogens with two attached hydrogens (primary N) is 1. The van der Waals surface area contributed by atoms with Crippen LogP contribution in [0.3, 0.4) is 0 Å². The van der Waals surface area contributed by atoms with E-state index >= 15 is 0 Å². The average Bonchev–Trinajstić information content (AvgIpc) is 2.68. The summed E-state index contributed by atoms with van der Waals surface area (Å²) in [7, 11) is 0. The van der Waals surface area contributed by atoms with Crippen molar-refractivity contribution in [3.8, 4) is 0 Å². The number of hydrogen-bond donors (Lipinski definition) is 2. The van der Waals surface area contributed by atoms with Crippen molar-refractivity contribution in [2.75, 3.05) is 0 Å². The van der Waals surface area contributed by atoms with Crippen LogP contribution < -0.4 is 11.3 Å². The topological polar surface area (TPSA) is 38.0 Å². The highest BCUT2D eigenvalue weighted by Gasteiger charge is 2.22. The number of halogens is 2. The Morgan fingerprint density at radius 1 is 1.25 bits per heavy atom. The third-order valence-corrected chi connectivity index (χ3v) is 6.37. The van der Waals surface area contributed by atoms with Gasteiger partial charge in [0.15, 0.2) is 0 Å². The lowest BCUT2D eigenvalue weighted by atomic mass is 9.79. The van der Waals surface area contributed by atoms with Crippen LogP contribution in [-0.4, -0.2) is 0 Å². The van der Waals surface area contributed by atoms with Gasteiger partial charge in [0.25, 0.3) is 0 Å². The Morgan fingerprint density at radius 2 is 2.05 bits per heavy atom. The van der Waals surface area contributed by atoms with Crippen LogP contribution >= 0.6 is 43.2 Å². The van der Waals surface area contributed by atoms with E-state index < -0.39 is 0 Å². The molecule has 1 unspecified atom stereocenters. The zero-order valence-electron chi connectivity index (χ0n) is 10.9. The molecule has 0 bridgehead atoms. The molecule has 0 aliphatic heterocycles. The van der Waals surface area contributed by atoms with E-state index in [2.05, 4.69) is 67.6 Å². The second-order valence-corrected chi connectivity index (χ2v) is 8.93. The average molecular weight is 416 g/mol. The highest BCUT2D eigenvalue weighted by Crippen LogP contribution is 2.40. The lowest BCUT2D eigenvalue weighted by molar-refractivity contribution is 0.419. The van der Waals surface area contributed by atoms with Gasteiger partial charge in [0, 0.05) is 5.56 Å². The maximum absolute atomic E-state index is 5.81. The Labute approximate surface area is 140 Å². The van der Waals surface area contributed by atoms with Crippen molar-refractivity contribution < 1.29 is 0 Å². The highest BCUT2D eigenvalue weighted by molar-refractivity contribution is 9.12. The van der Waals surface area contributed by atoms with Crippen molar-refractivity contribution >= 4 is 43.2 Å². The number of hydrazine groups is 1. The first-order chi connectivity index (χ1) is 9.69. The van der Waals surface area contributed by atoms with Gasteiger partial charge in [-0.1, -0.05) is 30.7 Å². The Balaban J connectivity index is 1.94. The summed E-state index contributed by atoms with van der Waals surface area (Å²) in [6.45, 7) is 0. The molecule has 0 radical (unpaired) electrons. The van der Waals surface area contributed by atoms with Gasteiger partial charge in [-0.15, -0.1) is 11.3 Å². The first-order valence-electron chi connectivity index (χ1n) is 6.69. The zero-order valence-corrected chi connectivity index (χ0v) is 14.9. The van der Waals surface area contributed by atoms with Crippen molar-refractivity contribution in [2.24, 2.45) is 5.84 Å². The summed E-state index contributed by atoms with van der Waals surface area (Å²) in [6.07, 6.45) is 3.99. The molecule has 1 atom stereocenters. The molecule has 20 heavy (non-hydrogen) atoms. The van der Waals surface area contributed by atoms with Crippen molar-refractivity contribution in [3.63, 3.8) is 0 Å². The summed E-state index contributed by atoms with van der Waals surface area (Å²) < 4.78 is 2.22. The first kappa shape index (κ1) is 14.7. The fourth-order valence-electron chi connectivity index (χ4n) is 2.65. The van der Waals surface area contributed by atoms with Crippen LogP contribution in [0.4, 0.5) is 0 Å². The van der Waals surface area contributed by atoms with Crippen LogP contribution in [0.2, 0.25) is 0 Å². The molecule has 2 nitrogen and oxygen atoms in total. The Bertz CT molecular complexity index is 608. The second kappa shape index (κ2) is 6.28. The third-order valence-electron chi connectivity index (χ3n) is 3.98. The molecule has 2 aromatic rings. The van der Waals surface area contributed by atoms with E-state index in [0.29, 0.717) is 0 Å². The highest BCUT2D eigenvalue weighted by atomic mass is 79.9. The molecule has 1 aliphatic rings. The summed E-state index contributed by atoms with van der Waals surface area (Å²) >= 11 is 8.82. The minimum atomic E-state index is 0.0203. The number of hydrogen-bond acceptors (Lipinski definition) is 3. The first-order valence-corrected chi connectivity index (χ1v) is 9.10. The normalized spacial score (nSPS) is 16.9. The largest absolute Gasteiger partial charge is 0.271 e. The van der Waals surface area contributed by atoms with Gasteiger partial charge < -0.3 is 0 Å². The van der Waals surface area contributed by atoms with Gasteiger partial charge in [0.2, 0.25) is 0 Å². The molecule has 3 rings (SSSR count). The smallest absolute Gasteiger partial charge is 0.0762 e. The van der Waals surface area contributed by atoms with E-state index in [0.717, 1.165) is 13.5 Å². The fraction of sp³-hybridized carbons (Fsp3) is 0.333. The Morgan fingerprint density at radius 3 is 2.60 bits per heavy atom. The van der Waals surface area contributed by atoms with E-state index in [4.69, 9.17) is 5.84 Å². The predicted octanol–water partition coefficient (Wildman–Crippen LogP) is 5.09. The second-order valence-electron chi connectivity index (χ2n) is 5.18. The van der Waals surface area contributed by atoms with E-state index in [1.807, 2.05) is 0 Å². The number of benzene rings is 1. The van der Waals surface area contributed by atoms with Gasteiger partial charge in [-0.2, -0.15) is 0 Å². The van der Waals surface area contributed by atoms with Gasteiger partial charge in [-0.25, -0.2) is 5.43 Å². The standard InChI is InChI=1S/C15H16Br2N2S/c16-13-8-12(15(17)20-13)14(19-18)11-6-2-5-10(7-11)9-3-1-4-9/h2,5-9,14,19H,1,3-4,18H2. The third kappa shape index (κ3) is 2.88. The number of rotatable bonds is 4. The van der Waals surface area contributed by atoms with Crippen LogP contribution in [0, 0.1) is 0 Å². The number of thiophene rings is 1. The lowest BCUT2D eigenvalue weighted by Gasteiger charge is -2.27. The minimum absolute atomic E-state index is 0.0203. The van der Waals surface area contributed by atoms with E-state index in [9.17, 15) is 0 Å². The van der Waals surface area contributed by atoms with E-state index in [1.165, 1.54) is 36.0 Å². The molecule has 1 aromatic carbocycles. The van der Waals surface area contributed by atoms with Crippen molar-refractivity contribution in [1.82, 2.24) is 5.43 Å². The van der Waals surface area contributed by atoms with Gasteiger partial charge in [0.05, 0.1) is 13.6 Å². The van der Waals surface area contributed by atoms with Crippen molar-refractivity contribution in [1.29, 1.82) is 0 Å². The lowest BCUT2D eigenvalue weighted by Crippen LogP contribution is -2.29. The van der Waals surface area contributed by atoms with Crippen LogP contribution in [0.5, 0.6) is 0 Å². The van der Waals surface area contributed by atoms with Crippen molar-refractivity contribution in [3.05, 3.63) is 54.6 Å². The number of nitrogens with one attached hydrogen (secondary N) is 1. The molecule has 1 fully saturated rings. The molecule has 3 N–H and O–H groups in total.